The number of hydrogen-bond donors (Lipinski definition) is 2. The highest BCUT2D eigenvalue weighted by Crippen LogP contribution is 2.23. The summed E-state index contributed by atoms with van der Waals surface area (Å²) >= 11 is 0. The number of rotatable bonds is 2. The number of nitrogens with one attached hydrogen (secondary N) is 2. The smallest absolute Gasteiger partial charge is 0.319 e. The molecule has 2 aromatic rings. The maximum atomic E-state index is 12.1. The first-order valence-corrected chi connectivity index (χ1v) is 7.29. The van der Waals surface area contributed by atoms with Gasteiger partial charge in [0.1, 0.15) is 5.78 Å². The Balaban J connectivity index is 1.67. The largest absolute Gasteiger partial charge is 0.335 e. The lowest BCUT2D eigenvalue weighted by Crippen LogP contribution is -2.40. The summed E-state index contributed by atoms with van der Waals surface area (Å²) in [5, 5.41) is 7.98. The van der Waals surface area contributed by atoms with E-state index in [1.54, 1.807) is 0 Å². The Morgan fingerprint density at radius 1 is 1.00 bits per heavy atom. The number of Topliss-reactive ketones (excluding diaryl/α,β-unsaturated/α-hetero) is 1. The van der Waals surface area contributed by atoms with Gasteiger partial charge in [0.2, 0.25) is 0 Å². The molecule has 0 aliphatic heterocycles. The van der Waals surface area contributed by atoms with Crippen molar-refractivity contribution in [3.8, 4) is 0 Å². The molecule has 2 aromatic carbocycles. The van der Waals surface area contributed by atoms with E-state index in [1.165, 1.54) is 0 Å². The van der Waals surface area contributed by atoms with Gasteiger partial charge in [0, 0.05) is 24.3 Å². The zero-order valence-electron chi connectivity index (χ0n) is 11.8. The SMILES string of the molecule is O=C1CCC(NC(=O)Nc2cccc3ccccc23)CC1. The van der Waals surface area contributed by atoms with Gasteiger partial charge >= 0.3 is 6.03 Å². The van der Waals surface area contributed by atoms with Gasteiger partial charge in [-0.15, -0.1) is 0 Å². The van der Waals surface area contributed by atoms with E-state index in [9.17, 15) is 9.59 Å². The lowest BCUT2D eigenvalue weighted by molar-refractivity contribution is -0.120. The summed E-state index contributed by atoms with van der Waals surface area (Å²) in [6.45, 7) is 0. The molecule has 108 valence electrons. The Kier molecular flexibility index (Phi) is 3.86. The van der Waals surface area contributed by atoms with E-state index in [-0.39, 0.29) is 12.1 Å². The molecule has 4 nitrogen and oxygen atoms in total. The van der Waals surface area contributed by atoms with Crippen molar-refractivity contribution in [2.45, 2.75) is 31.7 Å². The predicted octanol–water partition coefficient (Wildman–Crippen LogP) is 3.47. The van der Waals surface area contributed by atoms with E-state index in [0.29, 0.717) is 18.6 Å². The minimum absolute atomic E-state index is 0.0951. The highest BCUT2D eigenvalue weighted by molar-refractivity contribution is 6.01. The minimum Gasteiger partial charge on any atom is -0.335 e. The van der Waals surface area contributed by atoms with E-state index in [1.807, 2.05) is 42.5 Å². The summed E-state index contributed by atoms with van der Waals surface area (Å²) in [4.78, 5) is 23.3. The second-order valence-electron chi connectivity index (χ2n) is 5.44. The first-order valence-electron chi connectivity index (χ1n) is 7.29. The first-order chi connectivity index (χ1) is 10.2. The van der Waals surface area contributed by atoms with Gasteiger partial charge in [-0.05, 0) is 24.3 Å². The van der Waals surface area contributed by atoms with Crippen LogP contribution in [0, 0.1) is 0 Å². The molecular formula is C17H18N2O2. The molecule has 0 unspecified atom stereocenters. The molecule has 1 aliphatic carbocycles. The third-order valence-electron chi connectivity index (χ3n) is 3.92. The van der Waals surface area contributed by atoms with Gasteiger partial charge in [0.25, 0.3) is 0 Å². The van der Waals surface area contributed by atoms with Gasteiger partial charge in [0.15, 0.2) is 0 Å². The van der Waals surface area contributed by atoms with Crippen molar-refractivity contribution in [1.29, 1.82) is 0 Å². The Morgan fingerprint density at radius 3 is 2.52 bits per heavy atom. The Bertz CT molecular complexity index is 666. The zero-order chi connectivity index (χ0) is 14.7. The van der Waals surface area contributed by atoms with Crippen LogP contribution < -0.4 is 10.6 Å². The lowest BCUT2D eigenvalue weighted by Gasteiger charge is -2.22. The molecule has 3 rings (SSSR count). The molecule has 0 spiro atoms. The number of fused-ring (bicyclic) bond motifs is 1. The quantitative estimate of drug-likeness (QED) is 0.886. The third-order valence-corrected chi connectivity index (χ3v) is 3.92. The molecule has 2 N–H and O–H groups in total. The van der Waals surface area contributed by atoms with Crippen LogP contribution >= 0.6 is 0 Å². The molecule has 0 atom stereocenters. The molecule has 4 heteroatoms. The highest BCUT2D eigenvalue weighted by Gasteiger charge is 2.20. The molecule has 0 bridgehead atoms. The molecule has 0 radical (unpaired) electrons. The number of carbonyl (C=O) groups excluding carboxylic acids is 2. The van der Waals surface area contributed by atoms with Gasteiger partial charge < -0.3 is 10.6 Å². The monoisotopic (exact) mass is 282 g/mol. The molecular weight excluding hydrogens is 264 g/mol. The molecule has 2 amide bonds. The van der Waals surface area contributed by atoms with Crippen molar-refractivity contribution in [3.63, 3.8) is 0 Å². The second-order valence-corrected chi connectivity index (χ2v) is 5.44. The number of amides is 2. The summed E-state index contributed by atoms with van der Waals surface area (Å²) in [6.07, 6.45) is 2.61. The van der Waals surface area contributed by atoms with Crippen LogP contribution in [0.25, 0.3) is 10.8 Å². The zero-order valence-corrected chi connectivity index (χ0v) is 11.8. The van der Waals surface area contributed by atoms with Crippen molar-refractivity contribution in [2.75, 3.05) is 5.32 Å². The Morgan fingerprint density at radius 2 is 1.71 bits per heavy atom. The molecule has 21 heavy (non-hydrogen) atoms. The standard InChI is InChI=1S/C17H18N2O2/c20-14-10-8-13(9-11-14)18-17(21)19-16-7-3-5-12-4-1-2-6-15(12)16/h1-7,13H,8-11H2,(H2,18,19,21). The van der Waals surface area contributed by atoms with Crippen LogP contribution in [0.2, 0.25) is 0 Å². The molecule has 1 saturated carbocycles. The summed E-state index contributed by atoms with van der Waals surface area (Å²) in [5.74, 6) is 0.294. The lowest BCUT2D eigenvalue weighted by atomic mass is 9.94. The van der Waals surface area contributed by atoms with E-state index in [4.69, 9.17) is 0 Å². The van der Waals surface area contributed by atoms with Crippen LogP contribution in [0.3, 0.4) is 0 Å². The Hall–Kier alpha value is -2.36. The topological polar surface area (TPSA) is 58.2 Å². The van der Waals surface area contributed by atoms with Crippen molar-refractivity contribution in [2.24, 2.45) is 0 Å². The summed E-state index contributed by atoms with van der Waals surface area (Å²) in [7, 11) is 0. The number of ketones is 1. The third kappa shape index (κ3) is 3.21. The number of carbonyl (C=O) groups is 2. The number of hydrogen-bond acceptors (Lipinski definition) is 2. The average Bonchev–Trinajstić information content (AvgIpc) is 2.50. The van der Waals surface area contributed by atoms with Gasteiger partial charge in [-0.1, -0.05) is 36.4 Å². The summed E-state index contributed by atoms with van der Waals surface area (Å²) < 4.78 is 0. The molecule has 0 aromatic heterocycles. The molecule has 1 aliphatic rings. The van der Waals surface area contributed by atoms with Crippen molar-refractivity contribution < 1.29 is 9.59 Å². The number of benzene rings is 2. The van der Waals surface area contributed by atoms with Gasteiger partial charge in [-0.25, -0.2) is 4.79 Å². The first kappa shape index (κ1) is 13.6. The van der Waals surface area contributed by atoms with Gasteiger partial charge in [-0.2, -0.15) is 0 Å². The van der Waals surface area contributed by atoms with Crippen LogP contribution in [-0.4, -0.2) is 17.9 Å². The summed E-state index contributed by atoms with van der Waals surface area (Å²) in [5.41, 5.74) is 0.803. The summed E-state index contributed by atoms with van der Waals surface area (Å²) in [6, 6.07) is 13.7. The van der Waals surface area contributed by atoms with Crippen LogP contribution in [0.1, 0.15) is 25.7 Å². The van der Waals surface area contributed by atoms with Crippen LogP contribution in [0.4, 0.5) is 10.5 Å². The molecule has 0 heterocycles. The van der Waals surface area contributed by atoms with Gasteiger partial charge in [-0.3, -0.25) is 4.79 Å². The number of anilines is 1. The average molecular weight is 282 g/mol. The minimum atomic E-state index is -0.203. The van der Waals surface area contributed by atoms with Crippen molar-refractivity contribution in [3.05, 3.63) is 42.5 Å². The fourth-order valence-electron chi connectivity index (χ4n) is 2.76. The van der Waals surface area contributed by atoms with Crippen LogP contribution in [-0.2, 0) is 4.79 Å². The fraction of sp³-hybridized carbons (Fsp3) is 0.294. The highest BCUT2D eigenvalue weighted by atomic mass is 16.2. The maximum Gasteiger partial charge on any atom is 0.319 e. The van der Waals surface area contributed by atoms with Crippen LogP contribution in [0.5, 0.6) is 0 Å². The Labute approximate surface area is 123 Å². The van der Waals surface area contributed by atoms with E-state index >= 15 is 0 Å². The van der Waals surface area contributed by atoms with E-state index in [2.05, 4.69) is 10.6 Å². The van der Waals surface area contributed by atoms with Gasteiger partial charge in [0.05, 0.1) is 5.69 Å². The fourth-order valence-corrected chi connectivity index (χ4v) is 2.76. The van der Waals surface area contributed by atoms with E-state index < -0.39 is 0 Å². The van der Waals surface area contributed by atoms with Crippen LogP contribution in [0.15, 0.2) is 42.5 Å². The normalized spacial score (nSPS) is 15.9. The number of urea groups is 1. The molecule has 1 fully saturated rings. The van der Waals surface area contributed by atoms with Crippen molar-refractivity contribution in [1.82, 2.24) is 5.32 Å². The predicted molar refractivity (Wildman–Crippen MR) is 83.4 cm³/mol. The van der Waals surface area contributed by atoms with E-state index in [0.717, 1.165) is 29.3 Å². The second kappa shape index (κ2) is 5.95. The maximum absolute atomic E-state index is 12.1. The molecule has 0 saturated heterocycles. The van der Waals surface area contributed by atoms with Crippen molar-refractivity contribution >= 4 is 28.3 Å².